The molecule has 4 nitrogen and oxygen atoms in total. The molecule has 0 spiro atoms. The van der Waals surface area contributed by atoms with Gasteiger partial charge in [0.25, 0.3) is 0 Å². The second-order valence-corrected chi connectivity index (χ2v) is 4.99. The van der Waals surface area contributed by atoms with E-state index < -0.39 is 0 Å². The molecule has 0 aliphatic carbocycles. The van der Waals surface area contributed by atoms with Gasteiger partial charge in [-0.15, -0.1) is 0 Å². The van der Waals surface area contributed by atoms with E-state index in [0.29, 0.717) is 12.6 Å². The summed E-state index contributed by atoms with van der Waals surface area (Å²) in [5.74, 6) is -0.327. The maximum Gasteiger partial charge on any atom is 0.330 e. The number of rotatable bonds is 9. The number of carbonyl (C=O) groups is 1. The smallest absolute Gasteiger partial charge is 0.330 e. The zero-order chi connectivity index (χ0) is 13.9. The van der Waals surface area contributed by atoms with Crippen LogP contribution in [-0.2, 0) is 14.3 Å². The highest BCUT2D eigenvalue weighted by molar-refractivity contribution is 5.81. The van der Waals surface area contributed by atoms with Gasteiger partial charge in [0.05, 0.1) is 13.2 Å². The molecule has 4 heteroatoms. The lowest BCUT2D eigenvalue weighted by molar-refractivity contribution is -0.140. The minimum atomic E-state index is -0.327. The Kier molecular flexibility index (Phi) is 8.50. The van der Waals surface area contributed by atoms with E-state index in [1.165, 1.54) is 31.8 Å². The molecule has 1 atom stereocenters. The lowest BCUT2D eigenvalue weighted by Crippen LogP contribution is -2.45. The second-order valence-electron chi connectivity index (χ2n) is 4.99. The molecule has 110 valence electrons. The molecule has 1 aliphatic rings. The number of carbonyl (C=O) groups excluding carboxylic acids is 1. The van der Waals surface area contributed by atoms with Crippen LogP contribution in [0.3, 0.4) is 0 Å². The molecule has 1 aliphatic heterocycles. The van der Waals surface area contributed by atoms with E-state index in [0.717, 1.165) is 32.7 Å². The summed E-state index contributed by atoms with van der Waals surface area (Å²) >= 11 is 0. The van der Waals surface area contributed by atoms with Crippen LogP contribution in [0.4, 0.5) is 0 Å². The Labute approximate surface area is 116 Å². The summed E-state index contributed by atoms with van der Waals surface area (Å²) in [7, 11) is 0. The van der Waals surface area contributed by atoms with Crippen molar-refractivity contribution in [1.82, 2.24) is 4.90 Å². The number of ether oxygens (including phenoxy) is 2. The molecular weight excluding hydrogens is 242 g/mol. The molecule has 0 N–H and O–H groups in total. The summed E-state index contributed by atoms with van der Waals surface area (Å²) in [5.41, 5.74) is 0. The monoisotopic (exact) mass is 269 g/mol. The van der Waals surface area contributed by atoms with Gasteiger partial charge in [-0.05, 0) is 6.42 Å². The molecule has 0 amide bonds. The van der Waals surface area contributed by atoms with Crippen molar-refractivity contribution in [3.05, 3.63) is 12.7 Å². The number of nitrogens with zero attached hydrogens (tertiary/aromatic N) is 1. The third-order valence-corrected chi connectivity index (χ3v) is 3.54. The van der Waals surface area contributed by atoms with Crippen LogP contribution in [-0.4, -0.2) is 49.8 Å². The van der Waals surface area contributed by atoms with Crippen molar-refractivity contribution in [2.75, 3.05) is 32.9 Å². The van der Waals surface area contributed by atoms with E-state index >= 15 is 0 Å². The normalized spacial score (nSPS) is 17.9. The van der Waals surface area contributed by atoms with Crippen LogP contribution in [0.15, 0.2) is 12.7 Å². The van der Waals surface area contributed by atoms with Gasteiger partial charge in [0.1, 0.15) is 6.61 Å². The highest BCUT2D eigenvalue weighted by Gasteiger charge is 2.21. The van der Waals surface area contributed by atoms with Crippen molar-refractivity contribution in [3.8, 4) is 0 Å². The van der Waals surface area contributed by atoms with E-state index in [1.54, 1.807) is 0 Å². The molecule has 1 fully saturated rings. The van der Waals surface area contributed by atoms with Crippen LogP contribution < -0.4 is 0 Å². The van der Waals surface area contributed by atoms with Gasteiger partial charge in [-0.25, -0.2) is 4.79 Å². The van der Waals surface area contributed by atoms with Gasteiger partial charge in [0.15, 0.2) is 0 Å². The van der Waals surface area contributed by atoms with Crippen LogP contribution in [0.1, 0.15) is 39.0 Å². The Balaban J connectivity index is 2.36. The topological polar surface area (TPSA) is 38.8 Å². The summed E-state index contributed by atoms with van der Waals surface area (Å²) in [6.07, 6.45) is 7.29. The van der Waals surface area contributed by atoms with Crippen LogP contribution in [0.5, 0.6) is 0 Å². The molecule has 0 radical (unpaired) electrons. The van der Waals surface area contributed by atoms with Gasteiger partial charge in [-0.3, -0.25) is 4.90 Å². The Hall–Kier alpha value is -0.870. The largest absolute Gasteiger partial charge is 0.461 e. The summed E-state index contributed by atoms with van der Waals surface area (Å²) in [5, 5.41) is 0. The average molecular weight is 269 g/mol. The molecule has 1 saturated heterocycles. The molecular formula is C15H27NO3. The first-order chi connectivity index (χ1) is 9.27. The fourth-order valence-corrected chi connectivity index (χ4v) is 2.36. The minimum absolute atomic E-state index is 0.324. The molecule has 0 aromatic heterocycles. The van der Waals surface area contributed by atoms with Crippen LogP contribution in [0.2, 0.25) is 0 Å². The lowest BCUT2D eigenvalue weighted by Gasteiger charge is -2.34. The fourth-order valence-electron chi connectivity index (χ4n) is 2.36. The number of morpholine rings is 1. The van der Waals surface area contributed by atoms with Crippen LogP contribution >= 0.6 is 0 Å². The van der Waals surface area contributed by atoms with Crippen molar-refractivity contribution in [2.24, 2.45) is 0 Å². The van der Waals surface area contributed by atoms with E-state index in [4.69, 9.17) is 9.47 Å². The van der Waals surface area contributed by atoms with Gasteiger partial charge in [0.2, 0.25) is 0 Å². The van der Waals surface area contributed by atoms with Crippen molar-refractivity contribution in [2.45, 2.75) is 45.1 Å². The quantitative estimate of drug-likeness (QED) is 0.366. The Morgan fingerprint density at radius 3 is 2.74 bits per heavy atom. The highest BCUT2D eigenvalue weighted by Crippen LogP contribution is 2.13. The molecule has 0 bridgehead atoms. The molecule has 1 heterocycles. The Morgan fingerprint density at radius 2 is 2.11 bits per heavy atom. The summed E-state index contributed by atoms with van der Waals surface area (Å²) in [6.45, 7) is 9.54. The minimum Gasteiger partial charge on any atom is -0.461 e. The van der Waals surface area contributed by atoms with Crippen molar-refractivity contribution < 1.29 is 14.3 Å². The highest BCUT2D eigenvalue weighted by atomic mass is 16.5. The Bertz CT molecular complexity index is 262. The molecule has 0 saturated carbocycles. The average Bonchev–Trinajstić information content (AvgIpc) is 2.47. The zero-order valence-electron chi connectivity index (χ0n) is 12.1. The fraction of sp³-hybridized carbons (Fsp3) is 0.800. The lowest BCUT2D eigenvalue weighted by atomic mass is 10.1. The van der Waals surface area contributed by atoms with Crippen molar-refractivity contribution in [1.29, 1.82) is 0 Å². The van der Waals surface area contributed by atoms with E-state index in [2.05, 4.69) is 18.4 Å². The summed E-state index contributed by atoms with van der Waals surface area (Å²) < 4.78 is 10.6. The molecule has 1 unspecified atom stereocenters. The van der Waals surface area contributed by atoms with Crippen molar-refractivity contribution in [3.63, 3.8) is 0 Å². The van der Waals surface area contributed by atoms with E-state index in [1.807, 2.05) is 0 Å². The van der Waals surface area contributed by atoms with Gasteiger partial charge in [-0.2, -0.15) is 0 Å². The first-order valence-corrected chi connectivity index (χ1v) is 7.39. The standard InChI is InChI=1S/C15H27NO3/c1-3-5-6-7-8-14(13-19-15(17)4-2)16-9-11-18-12-10-16/h4,14H,2-3,5-13H2,1H3. The van der Waals surface area contributed by atoms with Gasteiger partial charge >= 0.3 is 5.97 Å². The maximum absolute atomic E-state index is 11.2. The van der Waals surface area contributed by atoms with Gasteiger partial charge in [-0.1, -0.05) is 39.2 Å². The third-order valence-electron chi connectivity index (χ3n) is 3.54. The first-order valence-electron chi connectivity index (χ1n) is 7.39. The molecule has 0 aromatic rings. The predicted molar refractivity (Wildman–Crippen MR) is 76.1 cm³/mol. The second kappa shape index (κ2) is 9.98. The number of unbranched alkanes of at least 4 members (excludes halogenated alkanes) is 3. The maximum atomic E-state index is 11.2. The molecule has 1 rings (SSSR count). The van der Waals surface area contributed by atoms with Crippen molar-refractivity contribution >= 4 is 5.97 Å². The van der Waals surface area contributed by atoms with Crippen LogP contribution in [0, 0.1) is 0 Å². The number of hydrogen-bond donors (Lipinski definition) is 0. The number of esters is 1. The van der Waals surface area contributed by atoms with Gasteiger partial charge in [0, 0.05) is 25.2 Å². The molecule has 19 heavy (non-hydrogen) atoms. The number of hydrogen-bond acceptors (Lipinski definition) is 4. The zero-order valence-corrected chi connectivity index (χ0v) is 12.1. The summed E-state index contributed by atoms with van der Waals surface area (Å²) in [6, 6.07) is 0.324. The van der Waals surface area contributed by atoms with E-state index in [-0.39, 0.29) is 5.97 Å². The molecule has 0 aromatic carbocycles. The summed E-state index contributed by atoms with van der Waals surface area (Å²) in [4.78, 5) is 13.6. The van der Waals surface area contributed by atoms with Crippen LogP contribution in [0.25, 0.3) is 0 Å². The van der Waals surface area contributed by atoms with E-state index in [9.17, 15) is 4.79 Å². The van der Waals surface area contributed by atoms with Gasteiger partial charge < -0.3 is 9.47 Å². The Morgan fingerprint density at radius 1 is 1.37 bits per heavy atom. The first kappa shape index (κ1) is 16.2. The predicted octanol–water partition coefficient (Wildman–Crippen LogP) is 2.39. The third kappa shape index (κ3) is 6.73. The SMILES string of the molecule is C=CC(=O)OCC(CCCCCC)N1CCOCC1.